The van der Waals surface area contributed by atoms with Crippen molar-refractivity contribution >= 4 is 38.4 Å². The number of nitrogens with one attached hydrogen (secondary N) is 1. The third-order valence-corrected chi connectivity index (χ3v) is 9.04. The van der Waals surface area contributed by atoms with Crippen LogP contribution in [0, 0.1) is 0 Å². The number of sulfone groups is 1. The van der Waals surface area contributed by atoms with E-state index in [1.54, 1.807) is 0 Å². The molecular formula is C20H27N3O3S2. The van der Waals surface area contributed by atoms with Gasteiger partial charge in [0.05, 0.1) is 24.0 Å². The van der Waals surface area contributed by atoms with Crippen molar-refractivity contribution in [1.29, 1.82) is 0 Å². The first-order valence-electron chi connectivity index (χ1n) is 9.96. The molecular weight excluding hydrogens is 394 g/mol. The van der Waals surface area contributed by atoms with E-state index in [1.807, 2.05) is 36.2 Å². The summed E-state index contributed by atoms with van der Waals surface area (Å²) in [6, 6.07) is 8.13. The van der Waals surface area contributed by atoms with Crippen molar-refractivity contribution in [3.63, 3.8) is 0 Å². The highest BCUT2D eigenvalue weighted by atomic mass is 32.2. The number of hydrogen-bond acceptors (Lipinski definition) is 6. The standard InChI is InChI=1S/C20H27N3O3S2/c1-23(16-5-3-2-4-6-16)19(24)11-14-7-9-15(10-8-14)21-20-22-17-12-28(25,26)13-18(17)27-20/h7-10,16-18H,2-6,11-13H2,1H3,(H,21,22)/t17-,18-/m1/s1. The maximum Gasteiger partial charge on any atom is 0.226 e. The van der Waals surface area contributed by atoms with E-state index in [-0.39, 0.29) is 28.7 Å². The molecule has 28 heavy (non-hydrogen) atoms. The zero-order valence-electron chi connectivity index (χ0n) is 16.1. The van der Waals surface area contributed by atoms with Gasteiger partial charge in [0.1, 0.15) is 0 Å². The van der Waals surface area contributed by atoms with E-state index in [2.05, 4.69) is 10.3 Å². The molecule has 0 bridgehead atoms. The van der Waals surface area contributed by atoms with Gasteiger partial charge in [0.15, 0.2) is 15.0 Å². The summed E-state index contributed by atoms with van der Waals surface area (Å²) in [5.74, 6) is 0.551. The molecule has 2 fully saturated rings. The molecule has 8 heteroatoms. The number of carbonyl (C=O) groups is 1. The molecule has 1 N–H and O–H groups in total. The molecule has 1 aromatic carbocycles. The van der Waals surface area contributed by atoms with Crippen LogP contribution in [0.25, 0.3) is 0 Å². The lowest BCUT2D eigenvalue weighted by Crippen LogP contribution is -2.39. The summed E-state index contributed by atoms with van der Waals surface area (Å²) >= 11 is 1.51. The molecule has 0 unspecified atom stereocenters. The van der Waals surface area contributed by atoms with Crippen LogP contribution in [0.15, 0.2) is 29.3 Å². The average molecular weight is 422 g/mol. The molecule has 152 valence electrons. The van der Waals surface area contributed by atoms with E-state index in [4.69, 9.17) is 0 Å². The number of likely N-dealkylation sites (N-methyl/N-ethyl adjacent to an activating group) is 1. The lowest BCUT2D eigenvalue weighted by atomic mass is 9.94. The van der Waals surface area contributed by atoms with E-state index in [9.17, 15) is 13.2 Å². The van der Waals surface area contributed by atoms with E-state index >= 15 is 0 Å². The van der Waals surface area contributed by atoms with Crippen LogP contribution in [-0.2, 0) is 21.1 Å². The number of hydrogen-bond donors (Lipinski definition) is 1. The largest absolute Gasteiger partial charge is 0.342 e. The Morgan fingerprint density at radius 2 is 1.89 bits per heavy atom. The van der Waals surface area contributed by atoms with Gasteiger partial charge in [-0.05, 0) is 30.5 Å². The molecule has 4 rings (SSSR count). The predicted molar refractivity (Wildman–Crippen MR) is 115 cm³/mol. The Morgan fingerprint density at radius 3 is 2.57 bits per heavy atom. The number of carbonyl (C=O) groups excluding carboxylic acids is 1. The van der Waals surface area contributed by atoms with Crippen molar-refractivity contribution in [3.8, 4) is 0 Å². The highest BCUT2D eigenvalue weighted by molar-refractivity contribution is 8.15. The van der Waals surface area contributed by atoms with Crippen molar-refractivity contribution in [1.82, 2.24) is 4.90 Å². The highest BCUT2D eigenvalue weighted by Gasteiger charge is 2.42. The van der Waals surface area contributed by atoms with Gasteiger partial charge in [-0.3, -0.25) is 9.79 Å². The highest BCUT2D eigenvalue weighted by Crippen LogP contribution is 2.34. The lowest BCUT2D eigenvalue weighted by molar-refractivity contribution is -0.131. The molecule has 1 aromatic rings. The van der Waals surface area contributed by atoms with Crippen molar-refractivity contribution in [2.24, 2.45) is 4.99 Å². The molecule has 0 spiro atoms. The molecule has 3 aliphatic rings. The van der Waals surface area contributed by atoms with Crippen LogP contribution in [0.1, 0.15) is 37.7 Å². The summed E-state index contributed by atoms with van der Waals surface area (Å²) in [6.07, 6.45) is 6.39. The molecule has 1 saturated carbocycles. The summed E-state index contributed by atoms with van der Waals surface area (Å²) < 4.78 is 23.3. The summed E-state index contributed by atoms with van der Waals surface area (Å²) in [5, 5.41) is 4.10. The second-order valence-electron chi connectivity index (χ2n) is 8.03. The Hall–Kier alpha value is -1.54. The van der Waals surface area contributed by atoms with Crippen LogP contribution >= 0.6 is 11.8 Å². The quantitative estimate of drug-likeness (QED) is 0.809. The van der Waals surface area contributed by atoms with Crippen molar-refractivity contribution in [2.75, 3.05) is 23.9 Å². The van der Waals surface area contributed by atoms with Crippen LogP contribution in [0.3, 0.4) is 0 Å². The normalized spacial score (nSPS) is 26.5. The van der Waals surface area contributed by atoms with E-state index in [0.29, 0.717) is 12.5 Å². The number of amidine groups is 1. The van der Waals surface area contributed by atoms with Crippen molar-refractivity contribution < 1.29 is 13.2 Å². The molecule has 1 aliphatic carbocycles. The van der Waals surface area contributed by atoms with Gasteiger partial charge in [-0.15, -0.1) is 0 Å². The maximum absolute atomic E-state index is 12.6. The number of rotatable bonds is 4. The van der Waals surface area contributed by atoms with Gasteiger partial charge < -0.3 is 10.2 Å². The molecule has 0 aromatic heterocycles. The minimum absolute atomic E-state index is 0.0414. The zero-order chi connectivity index (χ0) is 19.7. The van der Waals surface area contributed by atoms with E-state index in [1.165, 1.54) is 31.0 Å². The van der Waals surface area contributed by atoms with E-state index in [0.717, 1.165) is 29.3 Å². The molecule has 2 heterocycles. The number of thioether (sulfide) groups is 1. The summed E-state index contributed by atoms with van der Waals surface area (Å²) in [6.45, 7) is 0. The van der Waals surface area contributed by atoms with Crippen LogP contribution in [-0.4, -0.2) is 60.3 Å². The molecule has 0 radical (unpaired) electrons. The van der Waals surface area contributed by atoms with Gasteiger partial charge in [-0.2, -0.15) is 0 Å². The Kier molecular flexibility index (Phi) is 5.69. The smallest absolute Gasteiger partial charge is 0.226 e. The number of nitrogens with zero attached hydrogens (tertiary/aromatic N) is 2. The first-order valence-corrected chi connectivity index (χ1v) is 12.7. The molecule has 2 aliphatic heterocycles. The second kappa shape index (κ2) is 8.06. The van der Waals surface area contributed by atoms with Gasteiger partial charge in [0, 0.05) is 24.0 Å². The van der Waals surface area contributed by atoms with Gasteiger partial charge >= 0.3 is 0 Å². The van der Waals surface area contributed by atoms with Crippen LogP contribution in [0.2, 0.25) is 0 Å². The van der Waals surface area contributed by atoms with Crippen molar-refractivity contribution in [2.45, 2.75) is 55.9 Å². The maximum atomic E-state index is 12.6. The van der Waals surface area contributed by atoms with Crippen LogP contribution in [0.5, 0.6) is 0 Å². The van der Waals surface area contributed by atoms with Crippen LogP contribution < -0.4 is 5.32 Å². The Labute approximate surface area is 171 Å². The average Bonchev–Trinajstić information content (AvgIpc) is 3.16. The first kappa shape index (κ1) is 19.8. The van der Waals surface area contributed by atoms with Gasteiger partial charge in [-0.1, -0.05) is 43.2 Å². The molecule has 2 atom stereocenters. The fraction of sp³-hybridized carbons (Fsp3) is 0.600. The Bertz CT molecular complexity index is 861. The Morgan fingerprint density at radius 1 is 1.18 bits per heavy atom. The summed E-state index contributed by atoms with van der Waals surface area (Å²) in [7, 11) is -0.995. The summed E-state index contributed by atoms with van der Waals surface area (Å²) in [5.41, 5.74) is 1.91. The molecule has 1 amide bonds. The predicted octanol–water partition coefficient (Wildman–Crippen LogP) is 2.70. The van der Waals surface area contributed by atoms with Gasteiger partial charge in [-0.25, -0.2) is 8.42 Å². The number of benzene rings is 1. The minimum atomic E-state index is -2.93. The van der Waals surface area contributed by atoms with Gasteiger partial charge in [0.2, 0.25) is 5.91 Å². The fourth-order valence-corrected chi connectivity index (χ4v) is 7.89. The topological polar surface area (TPSA) is 78.8 Å². The SMILES string of the molecule is CN(C(=O)Cc1ccc(NC2=N[C@@H]3CS(=O)(=O)C[C@H]3S2)cc1)C1CCCCC1. The molecule has 1 saturated heterocycles. The second-order valence-corrected chi connectivity index (χ2v) is 11.4. The van der Waals surface area contributed by atoms with E-state index < -0.39 is 9.84 Å². The summed E-state index contributed by atoms with van der Waals surface area (Å²) in [4.78, 5) is 19.0. The van der Waals surface area contributed by atoms with Crippen molar-refractivity contribution in [3.05, 3.63) is 29.8 Å². The molecule has 6 nitrogen and oxygen atoms in total. The third kappa shape index (κ3) is 4.54. The number of anilines is 1. The Balaban J connectivity index is 1.31. The fourth-order valence-electron chi connectivity index (χ4n) is 4.22. The zero-order valence-corrected chi connectivity index (χ0v) is 17.8. The lowest BCUT2D eigenvalue weighted by Gasteiger charge is -2.31. The third-order valence-electron chi connectivity index (χ3n) is 5.89. The van der Waals surface area contributed by atoms with Gasteiger partial charge in [0.25, 0.3) is 0 Å². The monoisotopic (exact) mass is 421 g/mol. The number of aliphatic imine (C=N–C) groups is 1. The van der Waals surface area contributed by atoms with Crippen LogP contribution in [0.4, 0.5) is 5.69 Å². The first-order chi connectivity index (χ1) is 13.4. The minimum Gasteiger partial charge on any atom is -0.342 e. The number of fused-ring (bicyclic) bond motifs is 1. The number of amides is 1.